The largest absolute Gasteiger partial charge is 0.471 e. The van der Waals surface area contributed by atoms with E-state index in [0.29, 0.717) is 17.7 Å². The summed E-state index contributed by atoms with van der Waals surface area (Å²) in [7, 11) is 1.07. The topological polar surface area (TPSA) is 46.6 Å². The summed E-state index contributed by atoms with van der Waals surface area (Å²) >= 11 is 0. The molecule has 18 heavy (non-hydrogen) atoms. The van der Waals surface area contributed by atoms with Gasteiger partial charge in [-0.3, -0.25) is 4.79 Å². The standard InChI is InChI=1S/C11H18F3NO3/c1-5-6-7(2)15(8(3)9(16)18-4)10(17)11(12,13)14/h7-8H,5-6H2,1-4H3/t7?,8-/m0/s1. The molecule has 0 N–H and O–H groups in total. The molecule has 0 heterocycles. The maximum absolute atomic E-state index is 12.5. The first kappa shape index (κ1) is 16.7. The highest BCUT2D eigenvalue weighted by molar-refractivity contribution is 5.87. The molecule has 1 amide bonds. The molecule has 0 aliphatic carbocycles. The second kappa shape index (κ2) is 6.61. The molecule has 106 valence electrons. The number of nitrogens with zero attached hydrogens (tertiary/aromatic N) is 1. The highest BCUT2D eigenvalue weighted by atomic mass is 19.4. The summed E-state index contributed by atoms with van der Waals surface area (Å²) in [5, 5.41) is 0. The summed E-state index contributed by atoms with van der Waals surface area (Å²) in [5.74, 6) is -2.88. The molecule has 0 aromatic heterocycles. The molecule has 0 aromatic carbocycles. The van der Waals surface area contributed by atoms with E-state index in [-0.39, 0.29) is 0 Å². The number of halogens is 3. The van der Waals surface area contributed by atoms with Crippen LogP contribution in [0.15, 0.2) is 0 Å². The van der Waals surface area contributed by atoms with Gasteiger partial charge in [0.25, 0.3) is 0 Å². The Bertz CT molecular complexity index is 304. The maximum Gasteiger partial charge on any atom is 0.471 e. The third-order valence-corrected chi connectivity index (χ3v) is 2.62. The summed E-state index contributed by atoms with van der Waals surface area (Å²) in [6.07, 6.45) is -4.01. The fraction of sp³-hybridized carbons (Fsp3) is 0.818. The van der Waals surface area contributed by atoms with Crippen LogP contribution in [0.1, 0.15) is 33.6 Å². The Balaban J connectivity index is 5.17. The summed E-state index contributed by atoms with van der Waals surface area (Å²) in [6, 6.07) is -1.94. The van der Waals surface area contributed by atoms with Crippen LogP contribution in [-0.4, -0.2) is 42.1 Å². The van der Waals surface area contributed by atoms with Crippen LogP contribution in [0.2, 0.25) is 0 Å². The Morgan fingerprint density at radius 1 is 1.28 bits per heavy atom. The molecule has 7 heteroatoms. The van der Waals surface area contributed by atoms with E-state index < -0.39 is 30.1 Å². The Labute approximate surface area is 104 Å². The molecule has 0 saturated carbocycles. The molecule has 0 spiro atoms. The van der Waals surface area contributed by atoms with Gasteiger partial charge in [-0.25, -0.2) is 4.79 Å². The molecule has 0 saturated heterocycles. The van der Waals surface area contributed by atoms with Crippen molar-refractivity contribution in [2.75, 3.05) is 7.11 Å². The van der Waals surface area contributed by atoms with E-state index in [1.54, 1.807) is 6.92 Å². The number of hydrogen-bond donors (Lipinski definition) is 0. The molecular formula is C11H18F3NO3. The zero-order valence-corrected chi connectivity index (χ0v) is 10.9. The van der Waals surface area contributed by atoms with Crippen LogP contribution in [0.4, 0.5) is 13.2 Å². The fourth-order valence-electron chi connectivity index (χ4n) is 1.75. The van der Waals surface area contributed by atoms with E-state index in [4.69, 9.17) is 0 Å². The molecule has 0 rings (SSSR count). The molecule has 0 aliphatic heterocycles. The first-order valence-electron chi connectivity index (χ1n) is 5.64. The monoisotopic (exact) mass is 269 g/mol. The van der Waals surface area contributed by atoms with Crippen molar-refractivity contribution >= 4 is 11.9 Å². The summed E-state index contributed by atoms with van der Waals surface area (Å²) in [5.41, 5.74) is 0. The maximum atomic E-state index is 12.5. The lowest BCUT2D eigenvalue weighted by Gasteiger charge is -2.33. The molecule has 2 atom stereocenters. The molecule has 0 aromatic rings. The minimum absolute atomic E-state index is 0.378. The van der Waals surface area contributed by atoms with Crippen LogP contribution < -0.4 is 0 Å². The number of carbonyl (C=O) groups excluding carboxylic acids is 2. The predicted molar refractivity (Wildman–Crippen MR) is 58.7 cm³/mol. The van der Waals surface area contributed by atoms with E-state index in [2.05, 4.69) is 4.74 Å². The number of ether oxygens (including phenoxy) is 1. The second-order valence-corrected chi connectivity index (χ2v) is 4.05. The zero-order valence-electron chi connectivity index (χ0n) is 10.9. The minimum Gasteiger partial charge on any atom is -0.467 e. The number of rotatable bonds is 5. The number of esters is 1. The minimum atomic E-state index is -5.00. The van der Waals surface area contributed by atoms with Crippen molar-refractivity contribution in [1.82, 2.24) is 4.90 Å². The highest BCUT2D eigenvalue weighted by Crippen LogP contribution is 2.23. The Morgan fingerprint density at radius 2 is 1.78 bits per heavy atom. The number of alkyl halides is 3. The third-order valence-electron chi connectivity index (χ3n) is 2.62. The van der Waals surface area contributed by atoms with Gasteiger partial charge in [0.1, 0.15) is 6.04 Å². The molecule has 0 aliphatic rings. The smallest absolute Gasteiger partial charge is 0.467 e. The Kier molecular flexibility index (Phi) is 6.14. The van der Waals surface area contributed by atoms with E-state index in [1.807, 2.05) is 0 Å². The van der Waals surface area contributed by atoms with Gasteiger partial charge < -0.3 is 9.64 Å². The highest BCUT2D eigenvalue weighted by Gasteiger charge is 2.46. The number of amides is 1. The SMILES string of the molecule is CCCC(C)N(C(=O)C(F)(F)F)[C@@H](C)C(=O)OC. The van der Waals surface area contributed by atoms with E-state index in [9.17, 15) is 22.8 Å². The van der Waals surface area contributed by atoms with Gasteiger partial charge in [-0.1, -0.05) is 13.3 Å². The van der Waals surface area contributed by atoms with Crippen LogP contribution in [0.25, 0.3) is 0 Å². The zero-order chi connectivity index (χ0) is 14.5. The van der Waals surface area contributed by atoms with Crippen LogP contribution >= 0.6 is 0 Å². The van der Waals surface area contributed by atoms with Crippen molar-refractivity contribution in [3.63, 3.8) is 0 Å². The van der Waals surface area contributed by atoms with Gasteiger partial charge in [0.2, 0.25) is 0 Å². The number of carbonyl (C=O) groups is 2. The van der Waals surface area contributed by atoms with Gasteiger partial charge in [0, 0.05) is 6.04 Å². The Hall–Kier alpha value is -1.27. The van der Waals surface area contributed by atoms with Crippen molar-refractivity contribution in [2.24, 2.45) is 0 Å². The molecule has 0 radical (unpaired) electrons. The van der Waals surface area contributed by atoms with Crippen molar-refractivity contribution in [1.29, 1.82) is 0 Å². The van der Waals surface area contributed by atoms with Crippen molar-refractivity contribution in [3.8, 4) is 0 Å². The van der Waals surface area contributed by atoms with Crippen molar-refractivity contribution in [3.05, 3.63) is 0 Å². The first-order chi connectivity index (χ1) is 8.16. The first-order valence-corrected chi connectivity index (χ1v) is 5.64. The van der Waals surface area contributed by atoms with Gasteiger partial charge in [-0.05, 0) is 20.3 Å². The van der Waals surface area contributed by atoms with Crippen LogP contribution in [0.3, 0.4) is 0 Å². The van der Waals surface area contributed by atoms with Gasteiger partial charge in [0.05, 0.1) is 7.11 Å². The molecule has 4 nitrogen and oxygen atoms in total. The number of methoxy groups -OCH3 is 1. The fourth-order valence-corrected chi connectivity index (χ4v) is 1.75. The molecule has 0 fully saturated rings. The number of hydrogen-bond acceptors (Lipinski definition) is 3. The lowest BCUT2D eigenvalue weighted by Crippen LogP contribution is -2.53. The second-order valence-electron chi connectivity index (χ2n) is 4.05. The van der Waals surface area contributed by atoms with E-state index >= 15 is 0 Å². The summed E-state index contributed by atoms with van der Waals surface area (Å²) in [6.45, 7) is 4.49. The average Bonchev–Trinajstić information content (AvgIpc) is 2.27. The summed E-state index contributed by atoms with van der Waals surface area (Å²) < 4.78 is 41.8. The van der Waals surface area contributed by atoms with Crippen LogP contribution in [-0.2, 0) is 14.3 Å². The lowest BCUT2D eigenvalue weighted by molar-refractivity contribution is -0.192. The normalized spacial score (nSPS) is 14.8. The van der Waals surface area contributed by atoms with Gasteiger partial charge in [-0.2, -0.15) is 13.2 Å². The van der Waals surface area contributed by atoms with Crippen molar-refractivity contribution < 1.29 is 27.5 Å². The van der Waals surface area contributed by atoms with Gasteiger partial charge in [-0.15, -0.1) is 0 Å². The van der Waals surface area contributed by atoms with Gasteiger partial charge in [0.15, 0.2) is 0 Å². The molecule has 1 unspecified atom stereocenters. The van der Waals surface area contributed by atoms with Crippen LogP contribution in [0, 0.1) is 0 Å². The van der Waals surface area contributed by atoms with E-state index in [0.717, 1.165) is 7.11 Å². The molecule has 0 bridgehead atoms. The van der Waals surface area contributed by atoms with Crippen molar-refractivity contribution in [2.45, 2.75) is 51.9 Å². The van der Waals surface area contributed by atoms with E-state index in [1.165, 1.54) is 13.8 Å². The molecular weight excluding hydrogens is 251 g/mol. The predicted octanol–water partition coefficient (Wildman–Crippen LogP) is 2.13. The summed E-state index contributed by atoms with van der Waals surface area (Å²) in [4.78, 5) is 23.2. The Morgan fingerprint density at radius 3 is 2.11 bits per heavy atom. The van der Waals surface area contributed by atoms with Crippen LogP contribution in [0.5, 0.6) is 0 Å². The lowest BCUT2D eigenvalue weighted by atomic mass is 10.1. The average molecular weight is 269 g/mol. The quantitative estimate of drug-likeness (QED) is 0.718. The van der Waals surface area contributed by atoms with Gasteiger partial charge >= 0.3 is 18.1 Å². The third kappa shape index (κ3) is 4.19.